The first-order chi connectivity index (χ1) is 8.66. The number of fused-ring (bicyclic) bond motifs is 1. The van der Waals surface area contributed by atoms with Gasteiger partial charge in [-0.15, -0.1) is 0 Å². The fourth-order valence-electron chi connectivity index (χ4n) is 2.31. The van der Waals surface area contributed by atoms with Crippen molar-refractivity contribution in [3.63, 3.8) is 0 Å². The van der Waals surface area contributed by atoms with Crippen LogP contribution >= 0.6 is 0 Å². The summed E-state index contributed by atoms with van der Waals surface area (Å²) in [4.78, 5) is 13.5. The number of hydrogen-bond acceptors (Lipinski definition) is 3. The first kappa shape index (κ1) is 13.1. The number of carbonyl (C=O) groups excluding carboxylic acids is 1. The molecule has 1 aliphatic rings. The Hall–Kier alpha value is -1.39. The summed E-state index contributed by atoms with van der Waals surface area (Å²) in [7, 11) is 3.80. The Morgan fingerprint density at radius 2 is 2.28 bits per heavy atom. The molecule has 1 aromatic carbocycles. The molecule has 1 heterocycles. The van der Waals surface area contributed by atoms with E-state index in [-0.39, 0.29) is 5.91 Å². The van der Waals surface area contributed by atoms with Gasteiger partial charge in [0.1, 0.15) is 0 Å². The van der Waals surface area contributed by atoms with Crippen molar-refractivity contribution in [2.75, 3.05) is 27.2 Å². The minimum absolute atomic E-state index is 0.0755. The average Bonchev–Trinajstić information content (AvgIpc) is 2.35. The molecule has 1 aliphatic heterocycles. The van der Waals surface area contributed by atoms with E-state index >= 15 is 0 Å². The quantitative estimate of drug-likeness (QED) is 0.815. The molecule has 0 saturated heterocycles. The maximum absolute atomic E-state index is 11.6. The summed E-state index contributed by atoms with van der Waals surface area (Å²) < 4.78 is 0. The second kappa shape index (κ2) is 5.98. The van der Waals surface area contributed by atoms with Gasteiger partial charge in [0.2, 0.25) is 5.91 Å². The van der Waals surface area contributed by atoms with Crippen molar-refractivity contribution in [1.82, 2.24) is 15.5 Å². The van der Waals surface area contributed by atoms with Crippen molar-refractivity contribution in [3.8, 4) is 0 Å². The zero-order chi connectivity index (χ0) is 13.0. The van der Waals surface area contributed by atoms with E-state index in [4.69, 9.17) is 0 Å². The van der Waals surface area contributed by atoms with E-state index in [1.54, 1.807) is 0 Å². The van der Waals surface area contributed by atoms with E-state index in [0.717, 1.165) is 19.5 Å². The second-order valence-corrected chi connectivity index (χ2v) is 5.00. The fourth-order valence-corrected chi connectivity index (χ4v) is 2.31. The third kappa shape index (κ3) is 3.31. The number of benzene rings is 1. The molecule has 0 aromatic heterocycles. The Morgan fingerprint density at radius 1 is 1.44 bits per heavy atom. The van der Waals surface area contributed by atoms with Gasteiger partial charge in [0.05, 0.1) is 6.54 Å². The zero-order valence-electron chi connectivity index (χ0n) is 11.1. The van der Waals surface area contributed by atoms with Gasteiger partial charge >= 0.3 is 0 Å². The molecule has 0 bridgehead atoms. The molecule has 2 rings (SSSR count). The summed E-state index contributed by atoms with van der Waals surface area (Å²) in [5, 5.41) is 6.34. The molecule has 98 valence electrons. The van der Waals surface area contributed by atoms with Crippen LogP contribution in [0.5, 0.6) is 0 Å². The molecule has 1 amide bonds. The molecule has 0 fully saturated rings. The molecule has 4 nitrogen and oxygen atoms in total. The number of hydrogen-bond donors (Lipinski definition) is 2. The highest BCUT2D eigenvalue weighted by atomic mass is 16.1. The lowest BCUT2D eigenvalue weighted by molar-refractivity contribution is -0.121. The highest BCUT2D eigenvalue weighted by molar-refractivity contribution is 5.77. The average molecular weight is 247 g/mol. The summed E-state index contributed by atoms with van der Waals surface area (Å²) in [6.07, 6.45) is 1.05. The van der Waals surface area contributed by atoms with Gasteiger partial charge in [0.25, 0.3) is 0 Å². The van der Waals surface area contributed by atoms with Crippen molar-refractivity contribution in [3.05, 3.63) is 34.9 Å². The van der Waals surface area contributed by atoms with Crippen molar-refractivity contribution >= 4 is 5.91 Å². The number of nitrogens with one attached hydrogen (secondary N) is 2. The molecule has 0 atom stereocenters. The van der Waals surface area contributed by atoms with Crippen molar-refractivity contribution in [2.45, 2.75) is 19.5 Å². The number of rotatable bonds is 4. The summed E-state index contributed by atoms with van der Waals surface area (Å²) >= 11 is 0. The minimum atomic E-state index is 0.0755. The Labute approximate surface area is 108 Å². The number of amides is 1. The Kier molecular flexibility index (Phi) is 4.33. The van der Waals surface area contributed by atoms with E-state index in [1.165, 1.54) is 16.7 Å². The van der Waals surface area contributed by atoms with Crippen molar-refractivity contribution < 1.29 is 4.79 Å². The lowest BCUT2D eigenvalue weighted by Crippen LogP contribution is -2.33. The Bertz CT molecular complexity index is 429. The topological polar surface area (TPSA) is 44.4 Å². The van der Waals surface area contributed by atoms with Gasteiger partial charge in [-0.05, 0) is 43.8 Å². The van der Waals surface area contributed by atoms with Gasteiger partial charge in [0.15, 0.2) is 0 Å². The molecule has 0 unspecified atom stereocenters. The highest BCUT2D eigenvalue weighted by Crippen LogP contribution is 2.18. The molecule has 0 radical (unpaired) electrons. The van der Waals surface area contributed by atoms with Crippen molar-refractivity contribution in [1.29, 1.82) is 0 Å². The lowest BCUT2D eigenvalue weighted by atomic mass is 9.95. The van der Waals surface area contributed by atoms with Crippen LogP contribution in [0.4, 0.5) is 0 Å². The van der Waals surface area contributed by atoms with Gasteiger partial charge in [-0.25, -0.2) is 0 Å². The number of nitrogens with zero attached hydrogens (tertiary/aromatic N) is 1. The van der Waals surface area contributed by atoms with E-state index in [1.807, 2.05) is 19.0 Å². The summed E-state index contributed by atoms with van der Waals surface area (Å²) in [5.74, 6) is 0.0755. The van der Waals surface area contributed by atoms with Gasteiger partial charge in [-0.3, -0.25) is 4.79 Å². The summed E-state index contributed by atoms with van der Waals surface area (Å²) in [5.41, 5.74) is 4.02. The van der Waals surface area contributed by atoms with E-state index in [0.29, 0.717) is 13.1 Å². The molecule has 0 aliphatic carbocycles. The van der Waals surface area contributed by atoms with Gasteiger partial charge in [0, 0.05) is 13.1 Å². The molecule has 4 heteroatoms. The maximum Gasteiger partial charge on any atom is 0.234 e. The molecule has 2 N–H and O–H groups in total. The first-order valence-electron chi connectivity index (χ1n) is 6.38. The van der Waals surface area contributed by atoms with Gasteiger partial charge < -0.3 is 15.5 Å². The largest absolute Gasteiger partial charge is 0.351 e. The van der Waals surface area contributed by atoms with Crippen LogP contribution in [-0.4, -0.2) is 38.0 Å². The molecule has 0 spiro atoms. The normalized spacial score (nSPS) is 14.4. The molecular formula is C14H21N3O. The number of likely N-dealkylation sites (N-methyl/N-ethyl adjacent to an activating group) is 1. The summed E-state index contributed by atoms with van der Waals surface area (Å²) in [6, 6.07) is 6.34. The van der Waals surface area contributed by atoms with Crippen LogP contribution in [0.25, 0.3) is 0 Å². The van der Waals surface area contributed by atoms with Gasteiger partial charge in [-0.2, -0.15) is 0 Å². The van der Waals surface area contributed by atoms with E-state index in [9.17, 15) is 4.79 Å². The maximum atomic E-state index is 11.6. The van der Waals surface area contributed by atoms with Crippen LogP contribution in [0, 0.1) is 0 Å². The third-order valence-corrected chi connectivity index (χ3v) is 3.17. The van der Waals surface area contributed by atoms with Gasteiger partial charge in [-0.1, -0.05) is 18.2 Å². The van der Waals surface area contributed by atoms with E-state index in [2.05, 4.69) is 28.8 Å². The first-order valence-corrected chi connectivity index (χ1v) is 6.38. The Morgan fingerprint density at radius 3 is 3.06 bits per heavy atom. The van der Waals surface area contributed by atoms with E-state index < -0.39 is 0 Å². The molecule has 0 saturated carbocycles. The van der Waals surface area contributed by atoms with Crippen LogP contribution in [0.15, 0.2) is 18.2 Å². The SMILES string of the molecule is CN(C)CC(=O)NCc1cccc2c1CCNC2. The molecule has 1 aromatic rings. The van der Waals surface area contributed by atoms with Crippen LogP contribution in [0.3, 0.4) is 0 Å². The third-order valence-electron chi connectivity index (χ3n) is 3.17. The second-order valence-electron chi connectivity index (χ2n) is 5.00. The Balaban J connectivity index is 1.99. The number of carbonyl (C=O) groups is 1. The highest BCUT2D eigenvalue weighted by Gasteiger charge is 2.12. The standard InChI is InChI=1S/C14H21N3O/c1-17(2)10-14(18)16-9-12-5-3-4-11-8-15-7-6-13(11)12/h3-5,15H,6-10H2,1-2H3,(H,16,18). The molecular weight excluding hydrogens is 226 g/mol. The smallest absolute Gasteiger partial charge is 0.234 e. The van der Waals surface area contributed by atoms with Crippen LogP contribution in [-0.2, 0) is 24.3 Å². The van der Waals surface area contributed by atoms with Crippen molar-refractivity contribution in [2.24, 2.45) is 0 Å². The fraction of sp³-hybridized carbons (Fsp3) is 0.500. The predicted octanol–water partition coefficient (Wildman–Crippen LogP) is 0.510. The molecule has 18 heavy (non-hydrogen) atoms. The monoisotopic (exact) mass is 247 g/mol. The predicted molar refractivity (Wildman–Crippen MR) is 72.3 cm³/mol. The minimum Gasteiger partial charge on any atom is -0.351 e. The van der Waals surface area contributed by atoms with Crippen LogP contribution in [0.2, 0.25) is 0 Å². The summed E-state index contributed by atoms with van der Waals surface area (Å²) in [6.45, 7) is 3.04. The lowest BCUT2D eigenvalue weighted by Gasteiger charge is -2.20. The van der Waals surface area contributed by atoms with Crippen LogP contribution < -0.4 is 10.6 Å². The zero-order valence-corrected chi connectivity index (χ0v) is 11.1. The van der Waals surface area contributed by atoms with Crippen LogP contribution in [0.1, 0.15) is 16.7 Å².